The average molecular weight is 309 g/mol. The Bertz CT molecular complexity index is 830. The van der Waals surface area contributed by atoms with Gasteiger partial charge in [-0.2, -0.15) is 0 Å². The summed E-state index contributed by atoms with van der Waals surface area (Å²) in [6, 6.07) is 12.8. The van der Waals surface area contributed by atoms with Crippen LogP contribution >= 0.6 is 11.8 Å². The molecule has 1 unspecified atom stereocenters. The highest BCUT2D eigenvalue weighted by molar-refractivity contribution is 8.13. The van der Waals surface area contributed by atoms with Crippen molar-refractivity contribution in [3.05, 3.63) is 53.1 Å². The number of thioether (sulfide) groups is 1. The van der Waals surface area contributed by atoms with E-state index in [1.54, 1.807) is 11.8 Å². The monoisotopic (exact) mass is 309 g/mol. The first kappa shape index (κ1) is 12.6. The second-order valence-electron chi connectivity index (χ2n) is 5.89. The number of aliphatic imine (C=N–C) groups is 1. The average Bonchev–Trinajstić information content (AvgIpc) is 3.23. The van der Waals surface area contributed by atoms with Crippen molar-refractivity contribution < 1.29 is 9.47 Å². The van der Waals surface area contributed by atoms with Crippen molar-refractivity contribution in [3.8, 4) is 11.5 Å². The molecule has 0 saturated heterocycles. The zero-order valence-corrected chi connectivity index (χ0v) is 13.1. The summed E-state index contributed by atoms with van der Waals surface area (Å²) >= 11 is 1.72. The van der Waals surface area contributed by atoms with Crippen LogP contribution in [0.3, 0.4) is 0 Å². The van der Waals surface area contributed by atoms with E-state index in [2.05, 4.69) is 36.6 Å². The predicted octanol–water partition coefficient (Wildman–Crippen LogP) is 3.71. The van der Waals surface area contributed by atoms with Gasteiger partial charge >= 0.3 is 0 Å². The van der Waals surface area contributed by atoms with Crippen LogP contribution in [0.5, 0.6) is 11.5 Å². The first-order valence-corrected chi connectivity index (χ1v) is 8.71. The normalized spacial score (nSPS) is 23.6. The summed E-state index contributed by atoms with van der Waals surface area (Å²) in [5.41, 5.74) is 4.63. The SMILES string of the molecule is CSC1=Nc2ccccc2C12COc1cc3c(cc12)CCO3. The highest BCUT2D eigenvalue weighted by Gasteiger charge is 2.51. The Morgan fingerprint density at radius 3 is 2.91 bits per heavy atom. The first-order valence-electron chi connectivity index (χ1n) is 7.48. The van der Waals surface area contributed by atoms with Gasteiger partial charge in [-0.3, -0.25) is 0 Å². The van der Waals surface area contributed by atoms with Crippen LogP contribution < -0.4 is 9.47 Å². The maximum absolute atomic E-state index is 6.08. The highest BCUT2D eigenvalue weighted by Crippen LogP contribution is 2.54. The van der Waals surface area contributed by atoms with E-state index in [9.17, 15) is 0 Å². The van der Waals surface area contributed by atoms with Gasteiger partial charge < -0.3 is 9.47 Å². The lowest BCUT2D eigenvalue weighted by atomic mass is 9.77. The predicted molar refractivity (Wildman–Crippen MR) is 89.0 cm³/mol. The molecule has 2 aromatic carbocycles. The summed E-state index contributed by atoms with van der Waals surface area (Å²) < 4.78 is 11.8. The Hall–Kier alpha value is -1.94. The molecule has 1 spiro atoms. The Balaban J connectivity index is 1.79. The van der Waals surface area contributed by atoms with E-state index >= 15 is 0 Å². The van der Waals surface area contributed by atoms with Gasteiger partial charge in [0.1, 0.15) is 23.5 Å². The quantitative estimate of drug-likeness (QED) is 0.743. The summed E-state index contributed by atoms with van der Waals surface area (Å²) in [5.74, 6) is 1.92. The molecule has 0 aromatic heterocycles. The number of ether oxygens (including phenoxy) is 2. The molecule has 22 heavy (non-hydrogen) atoms. The van der Waals surface area contributed by atoms with Gasteiger partial charge in [0.2, 0.25) is 0 Å². The van der Waals surface area contributed by atoms with Crippen LogP contribution in [-0.2, 0) is 11.8 Å². The summed E-state index contributed by atoms with van der Waals surface area (Å²) in [5, 5.41) is 1.13. The van der Waals surface area contributed by atoms with Gasteiger partial charge in [0.25, 0.3) is 0 Å². The number of fused-ring (bicyclic) bond motifs is 5. The number of para-hydroxylation sites is 1. The highest BCUT2D eigenvalue weighted by atomic mass is 32.2. The molecule has 3 nitrogen and oxygen atoms in total. The summed E-state index contributed by atoms with van der Waals surface area (Å²) in [4.78, 5) is 4.87. The largest absolute Gasteiger partial charge is 0.493 e. The molecule has 0 amide bonds. The van der Waals surface area contributed by atoms with Gasteiger partial charge in [-0.15, -0.1) is 11.8 Å². The van der Waals surface area contributed by atoms with Crippen LogP contribution in [0.2, 0.25) is 0 Å². The molecular formula is C18H15NO2S. The fourth-order valence-corrected chi connectivity index (χ4v) is 4.61. The summed E-state index contributed by atoms with van der Waals surface area (Å²) in [6.07, 6.45) is 3.08. The minimum Gasteiger partial charge on any atom is -0.493 e. The summed E-state index contributed by atoms with van der Waals surface area (Å²) in [7, 11) is 0. The van der Waals surface area contributed by atoms with Crippen LogP contribution in [0.4, 0.5) is 5.69 Å². The topological polar surface area (TPSA) is 30.8 Å². The molecular weight excluding hydrogens is 294 g/mol. The minimum atomic E-state index is -0.233. The maximum Gasteiger partial charge on any atom is 0.127 e. The lowest BCUT2D eigenvalue weighted by Gasteiger charge is -2.25. The van der Waals surface area contributed by atoms with Crippen LogP contribution in [0, 0.1) is 0 Å². The molecule has 3 aliphatic rings. The Labute approximate surface area is 133 Å². The number of nitrogens with zero attached hydrogens (tertiary/aromatic N) is 1. The van der Waals surface area contributed by atoms with E-state index in [1.165, 1.54) is 16.7 Å². The third-order valence-electron chi connectivity index (χ3n) is 4.84. The first-order chi connectivity index (χ1) is 10.8. The third kappa shape index (κ3) is 1.41. The van der Waals surface area contributed by atoms with E-state index in [1.807, 2.05) is 6.07 Å². The van der Waals surface area contributed by atoms with Gasteiger partial charge in [0.15, 0.2) is 0 Å². The van der Waals surface area contributed by atoms with Crippen LogP contribution in [0.15, 0.2) is 41.4 Å². The lowest BCUT2D eigenvalue weighted by molar-refractivity contribution is 0.322. The number of hydrogen-bond donors (Lipinski definition) is 0. The van der Waals surface area contributed by atoms with Crippen molar-refractivity contribution in [2.75, 3.05) is 19.5 Å². The van der Waals surface area contributed by atoms with E-state index in [0.717, 1.165) is 35.3 Å². The molecule has 0 bridgehead atoms. The third-order valence-corrected chi connectivity index (χ3v) is 5.67. The zero-order chi connectivity index (χ0) is 14.7. The molecule has 0 saturated carbocycles. The Kier molecular flexibility index (Phi) is 2.46. The molecule has 4 heteroatoms. The Morgan fingerprint density at radius 1 is 1.09 bits per heavy atom. The Morgan fingerprint density at radius 2 is 2.00 bits per heavy atom. The molecule has 3 aliphatic heterocycles. The van der Waals surface area contributed by atoms with Crippen molar-refractivity contribution in [2.45, 2.75) is 11.8 Å². The van der Waals surface area contributed by atoms with Crippen LogP contribution in [0.25, 0.3) is 0 Å². The van der Waals surface area contributed by atoms with E-state index in [4.69, 9.17) is 14.5 Å². The molecule has 5 rings (SSSR count). The molecule has 110 valence electrons. The van der Waals surface area contributed by atoms with Gasteiger partial charge in [0, 0.05) is 18.1 Å². The smallest absolute Gasteiger partial charge is 0.127 e. The second-order valence-corrected chi connectivity index (χ2v) is 6.68. The van der Waals surface area contributed by atoms with Gasteiger partial charge in [-0.25, -0.2) is 4.99 Å². The van der Waals surface area contributed by atoms with Crippen LogP contribution in [-0.4, -0.2) is 24.5 Å². The zero-order valence-electron chi connectivity index (χ0n) is 12.3. The van der Waals surface area contributed by atoms with Crippen molar-refractivity contribution in [1.82, 2.24) is 0 Å². The van der Waals surface area contributed by atoms with E-state index < -0.39 is 0 Å². The molecule has 0 aliphatic carbocycles. The van der Waals surface area contributed by atoms with Crippen molar-refractivity contribution in [1.29, 1.82) is 0 Å². The molecule has 3 heterocycles. The molecule has 0 N–H and O–H groups in total. The molecule has 1 atom stereocenters. The standard InChI is InChI=1S/C18H15NO2S/c1-22-17-18(12-4-2-3-5-14(12)19-17)10-21-16-9-15-11(6-7-20-15)8-13(16)18/h2-5,8-9H,6-7,10H2,1H3. The number of rotatable bonds is 0. The van der Waals surface area contributed by atoms with Gasteiger partial charge in [-0.1, -0.05) is 18.2 Å². The molecule has 2 aromatic rings. The minimum absolute atomic E-state index is 0.233. The van der Waals surface area contributed by atoms with E-state index in [0.29, 0.717) is 6.61 Å². The van der Waals surface area contributed by atoms with Crippen molar-refractivity contribution in [2.24, 2.45) is 4.99 Å². The van der Waals surface area contributed by atoms with Gasteiger partial charge in [-0.05, 0) is 29.5 Å². The number of benzene rings is 2. The maximum atomic E-state index is 6.08. The fraction of sp³-hybridized carbons (Fsp3) is 0.278. The second kappa shape index (κ2) is 4.29. The van der Waals surface area contributed by atoms with Gasteiger partial charge in [0.05, 0.1) is 17.3 Å². The van der Waals surface area contributed by atoms with Crippen molar-refractivity contribution in [3.63, 3.8) is 0 Å². The molecule has 0 fully saturated rings. The number of hydrogen-bond acceptors (Lipinski definition) is 4. The van der Waals surface area contributed by atoms with E-state index in [-0.39, 0.29) is 5.41 Å². The van der Waals surface area contributed by atoms with Crippen molar-refractivity contribution >= 4 is 22.5 Å². The lowest BCUT2D eigenvalue weighted by Crippen LogP contribution is -2.34. The van der Waals surface area contributed by atoms with Crippen LogP contribution in [0.1, 0.15) is 16.7 Å². The molecule has 0 radical (unpaired) electrons. The fourth-order valence-electron chi connectivity index (χ4n) is 3.80. The summed E-state index contributed by atoms with van der Waals surface area (Å²) in [6.45, 7) is 1.40.